The van der Waals surface area contributed by atoms with Crippen LogP contribution >= 0.6 is 11.3 Å². The second kappa shape index (κ2) is 4.07. The number of hydrogen-bond donors (Lipinski definition) is 1. The van der Waals surface area contributed by atoms with E-state index in [9.17, 15) is 13.2 Å². The first-order chi connectivity index (χ1) is 7.52. The third-order valence-corrected chi connectivity index (χ3v) is 3.37. The summed E-state index contributed by atoms with van der Waals surface area (Å²) in [6.07, 6.45) is -4.28. The third-order valence-electron chi connectivity index (χ3n) is 2.27. The van der Waals surface area contributed by atoms with Crippen molar-refractivity contribution in [2.24, 2.45) is 0 Å². The van der Waals surface area contributed by atoms with Gasteiger partial charge in [0, 0.05) is 21.5 Å². The maximum atomic E-state index is 12.7. The molecule has 0 radical (unpaired) electrons. The van der Waals surface area contributed by atoms with Gasteiger partial charge in [-0.3, -0.25) is 0 Å². The molecule has 0 aliphatic heterocycles. The van der Waals surface area contributed by atoms with Gasteiger partial charge >= 0.3 is 6.18 Å². The Balaban J connectivity index is 2.59. The van der Waals surface area contributed by atoms with Crippen LogP contribution in [0.1, 0.15) is 10.4 Å². The summed E-state index contributed by atoms with van der Waals surface area (Å²) >= 11 is 1.39. The van der Waals surface area contributed by atoms with Crippen molar-refractivity contribution in [2.75, 3.05) is 7.05 Å². The Kier molecular flexibility index (Phi) is 2.90. The minimum atomic E-state index is -4.28. The van der Waals surface area contributed by atoms with Crippen molar-refractivity contribution in [1.29, 1.82) is 0 Å². The molecule has 1 N–H and O–H groups in total. The summed E-state index contributed by atoms with van der Waals surface area (Å²) in [5.41, 5.74) is -0.552. The van der Waals surface area contributed by atoms with E-state index >= 15 is 0 Å². The first-order valence-electron chi connectivity index (χ1n) is 4.75. The molecule has 1 nitrogen and oxygen atoms in total. The smallest absolute Gasteiger partial charge is 0.315 e. The first-order valence-corrected chi connectivity index (χ1v) is 5.57. The van der Waals surface area contributed by atoms with E-state index in [4.69, 9.17) is 0 Å². The number of thiophene rings is 1. The summed E-state index contributed by atoms with van der Waals surface area (Å²) in [5.74, 6) is 0. The Morgan fingerprint density at radius 3 is 2.69 bits per heavy atom. The Morgan fingerprint density at radius 2 is 2.06 bits per heavy atom. The number of rotatable bonds is 2. The van der Waals surface area contributed by atoms with E-state index in [0.29, 0.717) is 16.6 Å². The molecular formula is C11H10F3NS. The fourth-order valence-electron chi connectivity index (χ4n) is 1.62. The van der Waals surface area contributed by atoms with Crippen LogP contribution in [0.4, 0.5) is 13.2 Å². The van der Waals surface area contributed by atoms with E-state index in [-0.39, 0.29) is 0 Å². The van der Waals surface area contributed by atoms with Crippen LogP contribution in [-0.2, 0) is 12.7 Å². The monoisotopic (exact) mass is 245 g/mol. The molecule has 2 aromatic rings. The molecule has 0 aliphatic rings. The lowest BCUT2D eigenvalue weighted by Gasteiger charge is -2.06. The molecule has 5 heteroatoms. The summed E-state index contributed by atoms with van der Waals surface area (Å²) in [6, 6.07) is 5.90. The number of hydrogen-bond acceptors (Lipinski definition) is 2. The maximum Gasteiger partial charge on any atom is 0.417 e. The van der Waals surface area contributed by atoms with Crippen LogP contribution in [0.25, 0.3) is 10.1 Å². The van der Waals surface area contributed by atoms with Crippen LogP contribution in [0.15, 0.2) is 24.3 Å². The molecule has 0 amide bonds. The number of halogens is 3. The van der Waals surface area contributed by atoms with Gasteiger partial charge in [-0.05, 0) is 25.2 Å². The lowest BCUT2D eigenvalue weighted by molar-refractivity contribution is -0.136. The van der Waals surface area contributed by atoms with Gasteiger partial charge in [0.2, 0.25) is 0 Å². The van der Waals surface area contributed by atoms with Gasteiger partial charge < -0.3 is 5.32 Å². The van der Waals surface area contributed by atoms with Crippen molar-refractivity contribution in [3.8, 4) is 0 Å². The molecule has 0 unspecified atom stereocenters. The Bertz CT molecular complexity index is 501. The van der Waals surface area contributed by atoms with Gasteiger partial charge in [0.25, 0.3) is 0 Å². The Hall–Kier alpha value is -1.07. The Labute approximate surface area is 94.9 Å². The van der Waals surface area contributed by atoms with Gasteiger partial charge in [0.1, 0.15) is 0 Å². The number of alkyl halides is 3. The molecule has 0 fully saturated rings. The molecule has 0 aliphatic carbocycles. The molecule has 0 saturated carbocycles. The van der Waals surface area contributed by atoms with E-state index in [0.717, 1.165) is 10.9 Å². The number of fused-ring (bicyclic) bond motifs is 1. The highest BCUT2D eigenvalue weighted by molar-refractivity contribution is 7.19. The Morgan fingerprint density at radius 1 is 1.31 bits per heavy atom. The summed E-state index contributed by atoms with van der Waals surface area (Å²) in [4.78, 5) is 0.911. The van der Waals surface area contributed by atoms with Crippen LogP contribution in [0.5, 0.6) is 0 Å². The van der Waals surface area contributed by atoms with Gasteiger partial charge in [-0.15, -0.1) is 11.3 Å². The lowest BCUT2D eigenvalue weighted by atomic mass is 10.1. The van der Waals surface area contributed by atoms with Crippen molar-refractivity contribution in [3.05, 3.63) is 34.7 Å². The SMILES string of the molecule is CNCc1cc2c(C(F)(F)F)cccc2s1. The van der Waals surface area contributed by atoms with Gasteiger partial charge in [-0.2, -0.15) is 13.2 Å². The van der Waals surface area contributed by atoms with Gasteiger partial charge in [-0.1, -0.05) is 6.07 Å². The zero-order valence-corrected chi connectivity index (χ0v) is 9.38. The van der Waals surface area contributed by atoms with Crippen LogP contribution in [0.3, 0.4) is 0 Å². The second-order valence-corrected chi connectivity index (χ2v) is 4.63. The average molecular weight is 245 g/mol. The lowest BCUT2D eigenvalue weighted by Crippen LogP contribution is -2.05. The van der Waals surface area contributed by atoms with Crippen molar-refractivity contribution in [2.45, 2.75) is 12.7 Å². The van der Waals surface area contributed by atoms with Crippen molar-refractivity contribution in [3.63, 3.8) is 0 Å². The minimum Gasteiger partial charge on any atom is -0.315 e. The largest absolute Gasteiger partial charge is 0.417 e. The van der Waals surface area contributed by atoms with Gasteiger partial charge in [-0.25, -0.2) is 0 Å². The van der Waals surface area contributed by atoms with Crippen LogP contribution < -0.4 is 5.32 Å². The fraction of sp³-hybridized carbons (Fsp3) is 0.273. The molecule has 16 heavy (non-hydrogen) atoms. The fourth-order valence-corrected chi connectivity index (χ4v) is 2.72. The zero-order chi connectivity index (χ0) is 11.8. The van der Waals surface area contributed by atoms with Crippen LogP contribution in [-0.4, -0.2) is 7.05 Å². The summed E-state index contributed by atoms with van der Waals surface area (Å²) in [6.45, 7) is 0.594. The minimum absolute atomic E-state index is 0.297. The molecule has 0 bridgehead atoms. The van der Waals surface area contributed by atoms with Gasteiger partial charge in [0.05, 0.1) is 5.56 Å². The van der Waals surface area contributed by atoms with E-state index in [1.54, 1.807) is 19.2 Å². The quantitative estimate of drug-likeness (QED) is 0.851. The standard InChI is InChI=1S/C11H10F3NS/c1-15-6-7-5-8-9(11(12,13)14)3-2-4-10(8)16-7/h2-5,15H,6H2,1H3. The van der Waals surface area contributed by atoms with Crippen LogP contribution in [0, 0.1) is 0 Å². The first kappa shape index (κ1) is 11.4. The highest BCUT2D eigenvalue weighted by Crippen LogP contribution is 2.37. The van der Waals surface area contributed by atoms with E-state index < -0.39 is 11.7 Å². The van der Waals surface area contributed by atoms with E-state index in [1.807, 2.05) is 0 Å². The summed E-state index contributed by atoms with van der Waals surface area (Å²) in [5, 5.41) is 3.23. The van der Waals surface area contributed by atoms with Crippen LogP contribution in [0.2, 0.25) is 0 Å². The number of nitrogens with one attached hydrogen (secondary N) is 1. The third kappa shape index (κ3) is 2.05. The molecule has 1 aromatic heterocycles. The van der Waals surface area contributed by atoms with Crippen molar-refractivity contribution in [1.82, 2.24) is 5.32 Å². The molecular weight excluding hydrogens is 235 g/mol. The highest BCUT2D eigenvalue weighted by Gasteiger charge is 2.32. The normalized spacial score (nSPS) is 12.2. The topological polar surface area (TPSA) is 12.0 Å². The summed E-state index contributed by atoms with van der Waals surface area (Å²) in [7, 11) is 1.77. The van der Waals surface area contributed by atoms with E-state index in [1.165, 1.54) is 17.4 Å². The molecule has 1 aromatic carbocycles. The zero-order valence-electron chi connectivity index (χ0n) is 8.56. The predicted octanol–water partition coefficient (Wildman–Crippen LogP) is 3.64. The summed E-state index contributed by atoms with van der Waals surface area (Å²) < 4.78 is 38.8. The van der Waals surface area contributed by atoms with Crippen molar-refractivity contribution >= 4 is 21.4 Å². The highest BCUT2D eigenvalue weighted by atomic mass is 32.1. The maximum absolute atomic E-state index is 12.7. The van der Waals surface area contributed by atoms with Gasteiger partial charge in [0.15, 0.2) is 0 Å². The molecule has 86 valence electrons. The van der Waals surface area contributed by atoms with Crippen molar-refractivity contribution < 1.29 is 13.2 Å². The molecule has 0 atom stereocenters. The molecule has 0 saturated heterocycles. The second-order valence-electron chi connectivity index (χ2n) is 3.46. The molecule has 0 spiro atoms. The van der Waals surface area contributed by atoms with E-state index in [2.05, 4.69) is 5.32 Å². The number of benzene rings is 1. The predicted molar refractivity (Wildman–Crippen MR) is 59.6 cm³/mol. The molecule has 1 heterocycles. The molecule has 2 rings (SSSR count). The average Bonchev–Trinajstić information content (AvgIpc) is 2.58.